The molecule has 0 unspecified atom stereocenters. The second-order valence-electron chi connectivity index (χ2n) is 1.26. The van der Waals surface area contributed by atoms with Gasteiger partial charge in [-0.15, -0.1) is 0 Å². The summed E-state index contributed by atoms with van der Waals surface area (Å²) in [5.74, 6) is 0.0579. The summed E-state index contributed by atoms with van der Waals surface area (Å²) in [5, 5.41) is 16.6. The molecule has 8 heavy (non-hydrogen) atoms. The molecule has 44 valence electrons. The van der Waals surface area contributed by atoms with Gasteiger partial charge in [-0.25, -0.2) is 0 Å². The summed E-state index contributed by atoms with van der Waals surface area (Å²) in [7, 11) is 0. The Morgan fingerprint density at radius 2 is 2.12 bits per heavy atom. The molecule has 0 heterocycles. The van der Waals surface area contributed by atoms with Gasteiger partial charge in [0, 0.05) is 0 Å². The van der Waals surface area contributed by atoms with Crippen LogP contribution in [0.4, 0.5) is 0 Å². The van der Waals surface area contributed by atoms with Crippen molar-refractivity contribution in [1.29, 1.82) is 0 Å². The van der Waals surface area contributed by atoms with Gasteiger partial charge in [0.25, 0.3) is 0 Å². The van der Waals surface area contributed by atoms with Crippen molar-refractivity contribution in [2.24, 2.45) is 0 Å². The van der Waals surface area contributed by atoms with Gasteiger partial charge in [0.2, 0.25) is 0 Å². The van der Waals surface area contributed by atoms with E-state index in [1.54, 1.807) is 6.08 Å². The number of aliphatic hydroxyl groups excluding tert-OH is 2. The number of hydrogen-bond acceptors (Lipinski definition) is 2. The molecule has 0 aliphatic heterocycles. The first-order valence-electron chi connectivity index (χ1n) is 2.30. The summed E-state index contributed by atoms with van der Waals surface area (Å²) in [6.45, 7) is 1.65. The van der Waals surface area contributed by atoms with Crippen molar-refractivity contribution in [3.8, 4) is 0 Å². The van der Waals surface area contributed by atoms with Crippen LogP contribution in [-0.2, 0) is 0 Å². The van der Waals surface area contributed by atoms with Crippen LogP contribution in [0.3, 0.4) is 0 Å². The van der Waals surface area contributed by atoms with E-state index >= 15 is 0 Å². The van der Waals surface area contributed by atoms with Crippen molar-refractivity contribution in [2.75, 3.05) is 6.61 Å². The molecule has 0 spiro atoms. The van der Waals surface area contributed by atoms with E-state index in [0.717, 1.165) is 6.42 Å². The number of aliphatic hydroxyl groups is 2. The maximum absolute atomic E-state index is 8.47. The molecular weight excluding hydrogens is 131 g/mol. The zero-order valence-corrected chi connectivity index (χ0v) is 4.39. The first-order chi connectivity index (χ1) is 3.31. The summed E-state index contributed by atoms with van der Waals surface area (Å²) in [5.41, 5.74) is 0. The van der Waals surface area contributed by atoms with Crippen LogP contribution in [-0.4, -0.2) is 68.2 Å². The van der Waals surface area contributed by atoms with Crippen LogP contribution in [0.5, 0.6) is 0 Å². The molecule has 2 N–H and O–H groups in total. The fraction of sp³-hybridized carbons (Fsp3) is 0.600. The molecule has 0 saturated heterocycles. The normalized spacial score (nSPS) is 10.5. The van der Waals surface area contributed by atoms with Gasteiger partial charge in [0.05, 0.1) is 6.61 Å². The van der Waals surface area contributed by atoms with Crippen molar-refractivity contribution in [1.82, 2.24) is 0 Å². The van der Waals surface area contributed by atoms with Crippen molar-refractivity contribution < 1.29 is 10.2 Å². The van der Waals surface area contributed by atoms with Gasteiger partial charge in [-0.3, -0.25) is 0 Å². The molecular formula is C5H11KO2. The Kier molecular flexibility index (Phi) is 12.1. The molecule has 0 aromatic heterocycles. The van der Waals surface area contributed by atoms with Crippen molar-refractivity contribution >= 4 is 51.4 Å². The van der Waals surface area contributed by atoms with E-state index in [-0.39, 0.29) is 63.8 Å². The molecule has 0 radical (unpaired) electrons. The molecule has 0 aromatic rings. The second kappa shape index (κ2) is 8.14. The molecule has 2 nitrogen and oxygen atoms in total. The molecule has 3 heteroatoms. The van der Waals surface area contributed by atoms with E-state index in [0.29, 0.717) is 0 Å². The molecule has 0 aliphatic carbocycles. The zero-order valence-electron chi connectivity index (χ0n) is 4.39. The van der Waals surface area contributed by atoms with E-state index in [1.165, 1.54) is 0 Å². The van der Waals surface area contributed by atoms with Crippen molar-refractivity contribution in [3.63, 3.8) is 0 Å². The summed E-state index contributed by atoms with van der Waals surface area (Å²) in [6.07, 6.45) is 2.34. The fourth-order valence-corrected chi connectivity index (χ4v) is 0.300. The van der Waals surface area contributed by atoms with Crippen molar-refractivity contribution in [2.45, 2.75) is 13.3 Å². The quantitative estimate of drug-likeness (QED) is 0.426. The summed E-state index contributed by atoms with van der Waals surface area (Å²) >= 11 is 0. The van der Waals surface area contributed by atoms with E-state index in [2.05, 4.69) is 0 Å². The Hall–Kier alpha value is 1.14. The summed E-state index contributed by atoms with van der Waals surface area (Å²) < 4.78 is 0. The first-order valence-corrected chi connectivity index (χ1v) is 2.30. The molecule has 0 bridgehead atoms. The van der Waals surface area contributed by atoms with Crippen LogP contribution < -0.4 is 0 Å². The molecule has 0 rings (SSSR count). The van der Waals surface area contributed by atoms with Gasteiger partial charge in [-0.2, -0.15) is 0 Å². The second-order valence-corrected chi connectivity index (χ2v) is 1.26. The van der Waals surface area contributed by atoms with Crippen LogP contribution in [0.2, 0.25) is 0 Å². The predicted molar refractivity (Wildman–Crippen MR) is 35.2 cm³/mol. The molecule has 0 amide bonds. The third-order valence-corrected chi connectivity index (χ3v) is 0.602. The standard InChI is InChI=1S/C5H10O2.K.H/c1-2-3-5(7)4-6;;/h3,6-7H,2,4H2,1H3;;. The van der Waals surface area contributed by atoms with Crippen LogP contribution >= 0.6 is 0 Å². The minimum atomic E-state index is -0.242. The Labute approximate surface area is 92.0 Å². The van der Waals surface area contributed by atoms with E-state index in [4.69, 9.17) is 10.2 Å². The Balaban J connectivity index is 0. The average molecular weight is 142 g/mol. The van der Waals surface area contributed by atoms with Gasteiger partial charge in [-0.05, 0) is 12.5 Å². The Morgan fingerprint density at radius 1 is 1.62 bits per heavy atom. The van der Waals surface area contributed by atoms with E-state index in [9.17, 15) is 0 Å². The monoisotopic (exact) mass is 142 g/mol. The summed E-state index contributed by atoms with van der Waals surface area (Å²) in [4.78, 5) is 0. The number of allylic oxidation sites excluding steroid dienone is 1. The van der Waals surface area contributed by atoms with Gasteiger partial charge in [0.15, 0.2) is 0 Å². The molecule has 0 saturated carbocycles. The van der Waals surface area contributed by atoms with Crippen LogP contribution in [0.1, 0.15) is 13.3 Å². The third-order valence-electron chi connectivity index (χ3n) is 0.602. The van der Waals surface area contributed by atoms with Gasteiger partial charge in [-0.1, -0.05) is 6.92 Å². The van der Waals surface area contributed by atoms with Crippen LogP contribution in [0.25, 0.3) is 0 Å². The zero-order chi connectivity index (χ0) is 5.70. The van der Waals surface area contributed by atoms with Gasteiger partial charge in [0.1, 0.15) is 5.76 Å². The van der Waals surface area contributed by atoms with Crippen LogP contribution in [0, 0.1) is 0 Å². The molecule has 0 aromatic carbocycles. The van der Waals surface area contributed by atoms with Gasteiger partial charge < -0.3 is 10.2 Å². The SMILES string of the molecule is CCC=C(O)CO.[KH]. The fourth-order valence-electron chi connectivity index (χ4n) is 0.300. The molecule has 0 fully saturated rings. The maximum atomic E-state index is 8.47. The number of hydrogen-bond donors (Lipinski definition) is 2. The molecule has 0 atom stereocenters. The first kappa shape index (κ1) is 11.9. The van der Waals surface area contributed by atoms with E-state index in [1.807, 2.05) is 6.92 Å². The van der Waals surface area contributed by atoms with E-state index < -0.39 is 0 Å². The Morgan fingerprint density at radius 3 is 2.25 bits per heavy atom. The predicted octanol–water partition coefficient (Wildman–Crippen LogP) is 0.182. The average Bonchev–Trinajstić information content (AvgIpc) is 1.68. The number of rotatable bonds is 2. The minimum absolute atomic E-state index is 0. The van der Waals surface area contributed by atoms with Crippen LogP contribution in [0.15, 0.2) is 11.8 Å². The van der Waals surface area contributed by atoms with Crippen molar-refractivity contribution in [3.05, 3.63) is 11.8 Å². The molecule has 0 aliphatic rings. The summed E-state index contributed by atoms with van der Waals surface area (Å²) in [6, 6.07) is 0. The third kappa shape index (κ3) is 7.14. The Bertz CT molecular complexity index is 70.8. The topological polar surface area (TPSA) is 40.5 Å². The van der Waals surface area contributed by atoms with Gasteiger partial charge >= 0.3 is 51.4 Å².